The monoisotopic (exact) mass is 232 g/mol. The first-order valence-electron chi connectivity index (χ1n) is 6.40. The largest absolute Gasteiger partial charge is 0.326 e. The van der Waals surface area contributed by atoms with Gasteiger partial charge in [-0.15, -0.1) is 0 Å². The molecule has 3 nitrogen and oxygen atoms in total. The number of carbonyl (C=O) groups excluding carboxylic acids is 1. The zero-order valence-corrected chi connectivity index (χ0v) is 10.3. The lowest BCUT2D eigenvalue weighted by Gasteiger charge is -2.24. The minimum absolute atomic E-state index is 0.177. The summed E-state index contributed by atoms with van der Waals surface area (Å²) in [6, 6.07) is 8.06. The molecular formula is C14H20N2O. The van der Waals surface area contributed by atoms with Gasteiger partial charge in [0, 0.05) is 18.2 Å². The SMILES string of the molecule is CCNCc1ccc(NC(=O)C2CCC2)cc1. The molecule has 1 aliphatic carbocycles. The van der Waals surface area contributed by atoms with Crippen molar-refractivity contribution < 1.29 is 4.79 Å². The smallest absolute Gasteiger partial charge is 0.227 e. The van der Waals surface area contributed by atoms with Gasteiger partial charge in [0.25, 0.3) is 0 Å². The van der Waals surface area contributed by atoms with E-state index < -0.39 is 0 Å². The van der Waals surface area contributed by atoms with Crippen LogP contribution in [0.15, 0.2) is 24.3 Å². The Kier molecular flexibility index (Phi) is 4.15. The van der Waals surface area contributed by atoms with Gasteiger partial charge in [-0.3, -0.25) is 4.79 Å². The molecule has 0 saturated heterocycles. The minimum Gasteiger partial charge on any atom is -0.326 e. The molecular weight excluding hydrogens is 212 g/mol. The van der Waals surface area contributed by atoms with E-state index in [4.69, 9.17) is 0 Å². The third kappa shape index (κ3) is 3.30. The summed E-state index contributed by atoms with van der Waals surface area (Å²) in [5, 5.41) is 6.24. The number of carbonyl (C=O) groups is 1. The maximum atomic E-state index is 11.7. The summed E-state index contributed by atoms with van der Waals surface area (Å²) in [6.07, 6.45) is 3.29. The van der Waals surface area contributed by atoms with Gasteiger partial charge in [0.05, 0.1) is 0 Å². The van der Waals surface area contributed by atoms with Gasteiger partial charge in [-0.25, -0.2) is 0 Å². The molecule has 2 rings (SSSR count). The minimum atomic E-state index is 0.177. The summed E-state index contributed by atoms with van der Waals surface area (Å²) in [7, 11) is 0. The predicted octanol–water partition coefficient (Wildman–Crippen LogP) is 2.53. The van der Waals surface area contributed by atoms with Gasteiger partial charge in [0.15, 0.2) is 0 Å². The van der Waals surface area contributed by atoms with Crippen LogP contribution in [-0.2, 0) is 11.3 Å². The second-order valence-electron chi connectivity index (χ2n) is 4.59. The van der Waals surface area contributed by atoms with Gasteiger partial charge in [0.2, 0.25) is 5.91 Å². The second-order valence-corrected chi connectivity index (χ2v) is 4.59. The van der Waals surface area contributed by atoms with Crippen LogP contribution >= 0.6 is 0 Å². The van der Waals surface area contributed by atoms with E-state index in [0.717, 1.165) is 31.6 Å². The van der Waals surface area contributed by atoms with Crippen LogP contribution < -0.4 is 10.6 Å². The molecule has 1 saturated carbocycles. The normalized spacial score (nSPS) is 15.4. The zero-order valence-electron chi connectivity index (χ0n) is 10.3. The Hall–Kier alpha value is -1.35. The first-order chi connectivity index (χ1) is 8.29. The molecule has 0 aromatic heterocycles. The van der Waals surface area contributed by atoms with Gasteiger partial charge >= 0.3 is 0 Å². The summed E-state index contributed by atoms with van der Waals surface area (Å²) in [5.74, 6) is 0.423. The molecule has 3 heteroatoms. The lowest BCUT2D eigenvalue weighted by molar-refractivity contribution is -0.122. The van der Waals surface area contributed by atoms with Crippen molar-refractivity contribution >= 4 is 11.6 Å². The van der Waals surface area contributed by atoms with Crippen molar-refractivity contribution in [2.45, 2.75) is 32.7 Å². The van der Waals surface area contributed by atoms with E-state index in [9.17, 15) is 4.79 Å². The van der Waals surface area contributed by atoms with E-state index >= 15 is 0 Å². The van der Waals surface area contributed by atoms with Crippen LogP contribution in [0, 0.1) is 5.92 Å². The molecule has 92 valence electrons. The van der Waals surface area contributed by atoms with Gasteiger partial charge in [0.1, 0.15) is 0 Å². The number of hydrogen-bond acceptors (Lipinski definition) is 2. The van der Waals surface area contributed by atoms with E-state index in [1.165, 1.54) is 12.0 Å². The quantitative estimate of drug-likeness (QED) is 0.819. The van der Waals surface area contributed by atoms with Gasteiger partial charge < -0.3 is 10.6 Å². The van der Waals surface area contributed by atoms with Crippen molar-refractivity contribution in [1.29, 1.82) is 0 Å². The Labute approximate surface area is 103 Å². The molecule has 2 N–H and O–H groups in total. The molecule has 0 radical (unpaired) electrons. The number of rotatable bonds is 5. The fraction of sp³-hybridized carbons (Fsp3) is 0.500. The highest BCUT2D eigenvalue weighted by atomic mass is 16.1. The first-order valence-corrected chi connectivity index (χ1v) is 6.40. The molecule has 0 heterocycles. The third-order valence-electron chi connectivity index (χ3n) is 3.28. The van der Waals surface area contributed by atoms with Gasteiger partial charge in [-0.2, -0.15) is 0 Å². The first kappa shape index (κ1) is 12.1. The Morgan fingerprint density at radius 3 is 2.53 bits per heavy atom. The lowest BCUT2D eigenvalue weighted by Crippen LogP contribution is -2.28. The molecule has 1 aliphatic rings. The zero-order chi connectivity index (χ0) is 12.1. The number of amides is 1. The van der Waals surface area contributed by atoms with Crippen molar-refractivity contribution in [3.63, 3.8) is 0 Å². The number of nitrogens with one attached hydrogen (secondary N) is 2. The highest BCUT2D eigenvalue weighted by Gasteiger charge is 2.24. The molecule has 1 amide bonds. The van der Waals surface area contributed by atoms with Crippen LogP contribution in [0.5, 0.6) is 0 Å². The predicted molar refractivity (Wildman–Crippen MR) is 69.8 cm³/mol. The van der Waals surface area contributed by atoms with E-state index in [1.54, 1.807) is 0 Å². The Morgan fingerprint density at radius 2 is 2.00 bits per heavy atom. The Bertz CT molecular complexity index is 368. The Morgan fingerprint density at radius 1 is 1.29 bits per heavy atom. The molecule has 0 unspecified atom stereocenters. The van der Waals surface area contributed by atoms with Crippen molar-refractivity contribution in [3.05, 3.63) is 29.8 Å². The summed E-state index contributed by atoms with van der Waals surface area (Å²) in [5.41, 5.74) is 2.15. The molecule has 17 heavy (non-hydrogen) atoms. The van der Waals surface area contributed by atoms with Crippen molar-refractivity contribution in [3.8, 4) is 0 Å². The van der Waals surface area contributed by atoms with Gasteiger partial charge in [-0.05, 0) is 37.1 Å². The van der Waals surface area contributed by atoms with E-state index in [2.05, 4.69) is 29.7 Å². The maximum Gasteiger partial charge on any atom is 0.227 e. The highest BCUT2D eigenvalue weighted by molar-refractivity contribution is 5.92. The van der Waals surface area contributed by atoms with Gasteiger partial charge in [-0.1, -0.05) is 25.5 Å². The Balaban J connectivity index is 1.86. The van der Waals surface area contributed by atoms with E-state index in [0.29, 0.717) is 0 Å². The molecule has 1 fully saturated rings. The number of hydrogen-bond donors (Lipinski definition) is 2. The maximum absolute atomic E-state index is 11.7. The third-order valence-corrected chi connectivity index (χ3v) is 3.28. The summed E-state index contributed by atoms with van der Waals surface area (Å²) in [6.45, 7) is 3.95. The van der Waals surface area contributed by atoms with Crippen LogP contribution in [0.4, 0.5) is 5.69 Å². The lowest BCUT2D eigenvalue weighted by atomic mass is 9.85. The molecule has 0 spiro atoms. The summed E-state index contributed by atoms with van der Waals surface area (Å²) >= 11 is 0. The van der Waals surface area contributed by atoms with Crippen LogP contribution in [0.3, 0.4) is 0 Å². The average Bonchev–Trinajstić information content (AvgIpc) is 2.26. The fourth-order valence-corrected chi connectivity index (χ4v) is 1.89. The number of anilines is 1. The van der Waals surface area contributed by atoms with Crippen LogP contribution in [0.25, 0.3) is 0 Å². The van der Waals surface area contributed by atoms with E-state index in [1.807, 2.05) is 12.1 Å². The van der Waals surface area contributed by atoms with Crippen LogP contribution in [0.2, 0.25) is 0 Å². The molecule has 0 bridgehead atoms. The molecule has 1 aromatic carbocycles. The second kappa shape index (κ2) is 5.82. The fourth-order valence-electron chi connectivity index (χ4n) is 1.89. The highest BCUT2D eigenvalue weighted by Crippen LogP contribution is 2.27. The van der Waals surface area contributed by atoms with Crippen LogP contribution in [-0.4, -0.2) is 12.5 Å². The van der Waals surface area contributed by atoms with Crippen molar-refractivity contribution in [1.82, 2.24) is 5.32 Å². The molecule has 1 aromatic rings. The average molecular weight is 232 g/mol. The summed E-state index contributed by atoms with van der Waals surface area (Å²) in [4.78, 5) is 11.7. The standard InChI is InChI=1S/C14H20N2O/c1-2-15-10-11-6-8-13(9-7-11)16-14(17)12-4-3-5-12/h6-9,12,15H,2-5,10H2,1H3,(H,16,17). The molecule has 0 atom stereocenters. The summed E-state index contributed by atoms with van der Waals surface area (Å²) < 4.78 is 0. The van der Waals surface area contributed by atoms with Crippen molar-refractivity contribution in [2.24, 2.45) is 5.92 Å². The number of benzene rings is 1. The molecule has 0 aliphatic heterocycles. The topological polar surface area (TPSA) is 41.1 Å². The van der Waals surface area contributed by atoms with Crippen LogP contribution in [0.1, 0.15) is 31.7 Å². The van der Waals surface area contributed by atoms with Crippen molar-refractivity contribution in [2.75, 3.05) is 11.9 Å². The van der Waals surface area contributed by atoms with E-state index in [-0.39, 0.29) is 11.8 Å².